The molecule has 16 atom stereocenters. The summed E-state index contributed by atoms with van der Waals surface area (Å²) in [5.41, 5.74) is -0.693. The molecule has 2 fully saturated rings. The molecule has 0 aromatic carbocycles. The summed E-state index contributed by atoms with van der Waals surface area (Å²) in [5, 5.41) is 34.6. The molecule has 0 aromatic heterocycles. The molecule has 0 saturated carbocycles. The Bertz CT molecular complexity index is 1250. The van der Waals surface area contributed by atoms with Gasteiger partial charge in [-0.1, -0.05) is 52.0 Å². The van der Waals surface area contributed by atoms with E-state index in [0.717, 1.165) is 19.1 Å². The second-order valence-electron chi connectivity index (χ2n) is 17.2. The summed E-state index contributed by atoms with van der Waals surface area (Å²) in [5.74, 6) is -1.09. The molecule has 3 heterocycles. The Morgan fingerprint density at radius 2 is 1.72 bits per heavy atom. The molecular weight excluding hydrogens is 738 g/mol. The van der Waals surface area contributed by atoms with Crippen LogP contribution in [-0.2, 0) is 47.5 Å². The van der Waals surface area contributed by atoms with E-state index in [0.29, 0.717) is 32.0 Å². The Morgan fingerprint density at radius 3 is 2.35 bits per heavy atom. The van der Waals surface area contributed by atoms with Crippen molar-refractivity contribution in [2.24, 2.45) is 17.8 Å². The van der Waals surface area contributed by atoms with Crippen LogP contribution in [0.25, 0.3) is 0 Å². The van der Waals surface area contributed by atoms with Crippen molar-refractivity contribution in [1.82, 2.24) is 4.90 Å². The number of allylic oxidation sites excluding steroid dienone is 2. The number of methoxy groups -OCH3 is 1. The number of aldehydes is 1. The van der Waals surface area contributed by atoms with Crippen LogP contribution in [0.3, 0.4) is 0 Å². The van der Waals surface area contributed by atoms with Crippen molar-refractivity contribution in [3.63, 3.8) is 0 Å². The van der Waals surface area contributed by atoms with Crippen LogP contribution in [0.15, 0.2) is 24.3 Å². The van der Waals surface area contributed by atoms with E-state index in [1.807, 2.05) is 52.8 Å². The number of carbonyl (C=O) groups excluding carboxylic acids is 2. The highest BCUT2D eigenvalue weighted by Crippen LogP contribution is 2.39. The van der Waals surface area contributed by atoms with Gasteiger partial charge in [0.25, 0.3) is 0 Å². The first kappa shape index (κ1) is 49.5. The molecule has 0 amide bonds. The molecule has 0 unspecified atom stereocenters. The van der Waals surface area contributed by atoms with Gasteiger partial charge < -0.3 is 62.9 Å². The standard InChI is InChI=1S/C43H75NO13/c1-12-21-52-43(8)25-35(54-30(7)41(43)51-22-19-26(2)3)56-38-29(6)55-42(37(49)36(38)44(9)10)57-39-31(18-20-45)23-27(4)32(46)17-15-13-14-16-28(5)53-34(48)24-33(47)40(39)50-11/h13-15,17,20,26-33,35-42,46-47,49H,12,16,18-19,21-25H2,1-11H3/b14-13+,17-15+/t27-,28-,29+,30-,31+,32+,33-,35-,36+,37+,38+,39+,40+,41-,42-,43+/m1/s1. The lowest BCUT2D eigenvalue weighted by Gasteiger charge is -2.51. The minimum Gasteiger partial charge on any atom is -0.462 e. The number of likely N-dealkylation sites (N-methyl/N-ethyl adjacent to an activating group) is 1. The van der Waals surface area contributed by atoms with Crippen LogP contribution < -0.4 is 0 Å². The molecule has 57 heavy (non-hydrogen) atoms. The lowest BCUT2D eigenvalue weighted by Crippen LogP contribution is -2.66. The number of aliphatic hydroxyl groups excluding tert-OH is 3. The Hall–Kier alpha value is -1.82. The molecule has 0 radical (unpaired) electrons. The predicted molar refractivity (Wildman–Crippen MR) is 214 cm³/mol. The Kier molecular flexibility index (Phi) is 20.7. The second-order valence-corrected chi connectivity index (χ2v) is 17.2. The Balaban J connectivity index is 1.92. The van der Waals surface area contributed by atoms with Crippen LogP contribution in [-0.4, -0.2) is 152 Å². The van der Waals surface area contributed by atoms with Crippen molar-refractivity contribution in [2.75, 3.05) is 34.4 Å². The molecule has 3 rings (SSSR count). The van der Waals surface area contributed by atoms with Gasteiger partial charge in [0, 0.05) is 39.6 Å². The van der Waals surface area contributed by atoms with Gasteiger partial charge in [-0.3, -0.25) is 4.79 Å². The van der Waals surface area contributed by atoms with Crippen molar-refractivity contribution in [3.05, 3.63) is 24.3 Å². The maximum absolute atomic E-state index is 13.0. The van der Waals surface area contributed by atoms with E-state index >= 15 is 0 Å². The van der Waals surface area contributed by atoms with Crippen molar-refractivity contribution in [1.29, 1.82) is 0 Å². The van der Waals surface area contributed by atoms with E-state index in [1.165, 1.54) is 7.11 Å². The topological polar surface area (TPSA) is 172 Å². The number of hydrogen-bond donors (Lipinski definition) is 3. The molecule has 3 N–H and O–H groups in total. The van der Waals surface area contributed by atoms with Crippen molar-refractivity contribution < 1.29 is 62.8 Å². The van der Waals surface area contributed by atoms with Gasteiger partial charge in [-0.15, -0.1) is 0 Å². The molecule has 14 nitrogen and oxygen atoms in total. The van der Waals surface area contributed by atoms with Gasteiger partial charge in [0.05, 0.1) is 48.6 Å². The number of esters is 1. The highest BCUT2D eigenvalue weighted by molar-refractivity contribution is 5.70. The number of hydrogen-bond acceptors (Lipinski definition) is 14. The number of rotatable bonds is 15. The molecule has 0 aliphatic carbocycles. The average Bonchev–Trinajstić information content (AvgIpc) is 3.12. The predicted octanol–water partition coefficient (Wildman–Crippen LogP) is 4.35. The zero-order valence-electron chi connectivity index (χ0n) is 36.4. The van der Waals surface area contributed by atoms with E-state index in [4.69, 9.17) is 37.9 Å². The molecule has 0 spiro atoms. The molecule has 330 valence electrons. The van der Waals surface area contributed by atoms with Crippen molar-refractivity contribution in [3.8, 4) is 0 Å². The number of carbonyl (C=O) groups is 2. The summed E-state index contributed by atoms with van der Waals surface area (Å²) in [6, 6.07) is -0.655. The van der Waals surface area contributed by atoms with Crippen LogP contribution in [0.1, 0.15) is 100 Å². The van der Waals surface area contributed by atoms with E-state index < -0.39 is 91.4 Å². The highest BCUT2D eigenvalue weighted by atomic mass is 16.7. The lowest BCUT2D eigenvalue weighted by molar-refractivity contribution is -0.348. The van der Waals surface area contributed by atoms with Gasteiger partial charge in [0.15, 0.2) is 12.6 Å². The minimum atomic E-state index is -1.40. The summed E-state index contributed by atoms with van der Waals surface area (Å²) >= 11 is 0. The average molecular weight is 814 g/mol. The third-order valence-corrected chi connectivity index (χ3v) is 11.4. The van der Waals surface area contributed by atoms with Gasteiger partial charge in [0.1, 0.15) is 36.8 Å². The van der Waals surface area contributed by atoms with Crippen LogP contribution in [0.2, 0.25) is 0 Å². The minimum absolute atomic E-state index is 0.0150. The van der Waals surface area contributed by atoms with Gasteiger partial charge in [0.2, 0.25) is 0 Å². The zero-order chi connectivity index (χ0) is 42.4. The van der Waals surface area contributed by atoms with Crippen molar-refractivity contribution in [2.45, 2.75) is 186 Å². The number of aliphatic hydroxyl groups is 3. The summed E-state index contributed by atoms with van der Waals surface area (Å²) in [6.07, 6.45) is 0.0704. The number of cyclic esters (lactones) is 1. The van der Waals surface area contributed by atoms with E-state index in [2.05, 4.69) is 20.8 Å². The molecule has 3 aliphatic rings. The molecule has 3 aliphatic heterocycles. The van der Waals surface area contributed by atoms with Gasteiger partial charge in [-0.25, -0.2) is 0 Å². The SMILES string of the molecule is CCCO[C@@]1(C)C[C@@H](O[C@@H]2[C@@H](N(C)C)[C@H](O)[C@@H](O[C@H]3[C@@H](CC=O)C[C@@H](C)[C@@H](O)/C=C/C=C/C[C@@H](C)OC(=O)C[C@@H](O)[C@@H]3OC)O[C@H]2C)O[C@H](C)[C@H]1OCCC(C)C. The van der Waals surface area contributed by atoms with Gasteiger partial charge in [-0.05, 0) is 78.8 Å². The summed E-state index contributed by atoms with van der Waals surface area (Å²) in [6.45, 7) is 17.0. The van der Waals surface area contributed by atoms with Crippen LogP contribution in [0, 0.1) is 17.8 Å². The lowest BCUT2D eigenvalue weighted by atomic mass is 9.82. The first-order valence-electron chi connectivity index (χ1n) is 21.0. The van der Waals surface area contributed by atoms with E-state index in [9.17, 15) is 24.9 Å². The Morgan fingerprint density at radius 1 is 1.00 bits per heavy atom. The monoisotopic (exact) mass is 814 g/mol. The number of ether oxygens (including phenoxy) is 8. The smallest absolute Gasteiger partial charge is 0.308 e. The summed E-state index contributed by atoms with van der Waals surface area (Å²) < 4.78 is 50.5. The third kappa shape index (κ3) is 14.4. The molecule has 0 bridgehead atoms. The summed E-state index contributed by atoms with van der Waals surface area (Å²) in [7, 11) is 5.05. The third-order valence-electron chi connectivity index (χ3n) is 11.4. The summed E-state index contributed by atoms with van der Waals surface area (Å²) in [4.78, 5) is 27.0. The normalized spacial score (nSPS) is 41.5. The van der Waals surface area contributed by atoms with Crippen molar-refractivity contribution >= 4 is 12.3 Å². The van der Waals surface area contributed by atoms with Crippen LogP contribution in [0.4, 0.5) is 0 Å². The van der Waals surface area contributed by atoms with E-state index in [-0.39, 0.29) is 31.0 Å². The van der Waals surface area contributed by atoms with Gasteiger partial charge >= 0.3 is 5.97 Å². The van der Waals surface area contributed by atoms with Crippen LogP contribution >= 0.6 is 0 Å². The first-order valence-corrected chi connectivity index (χ1v) is 21.0. The highest BCUT2D eigenvalue weighted by Gasteiger charge is 2.53. The fourth-order valence-electron chi connectivity index (χ4n) is 8.23. The fraction of sp³-hybridized carbons (Fsp3) is 0.860. The van der Waals surface area contributed by atoms with E-state index in [1.54, 1.807) is 25.2 Å². The Labute approximate surface area is 341 Å². The largest absolute Gasteiger partial charge is 0.462 e. The number of nitrogens with zero attached hydrogens (tertiary/aromatic N) is 1. The maximum atomic E-state index is 13.0. The molecular formula is C43H75NO13. The maximum Gasteiger partial charge on any atom is 0.308 e. The fourth-order valence-corrected chi connectivity index (χ4v) is 8.23. The quantitative estimate of drug-likeness (QED) is 0.157. The molecule has 2 saturated heterocycles. The zero-order valence-corrected chi connectivity index (χ0v) is 36.4. The van der Waals surface area contributed by atoms with Crippen LogP contribution in [0.5, 0.6) is 0 Å². The molecule has 14 heteroatoms. The molecule has 0 aromatic rings. The second kappa shape index (κ2) is 23.8. The first-order chi connectivity index (χ1) is 27.0. The van der Waals surface area contributed by atoms with Gasteiger partial charge in [-0.2, -0.15) is 0 Å².